The van der Waals surface area contributed by atoms with Gasteiger partial charge in [-0.25, -0.2) is 13.1 Å². The second-order valence-corrected chi connectivity index (χ2v) is 10.4. The summed E-state index contributed by atoms with van der Waals surface area (Å²) in [6.45, 7) is 4.77. The molecular weight excluding hydrogens is 448 g/mol. The van der Waals surface area contributed by atoms with Crippen molar-refractivity contribution in [2.75, 3.05) is 13.1 Å². The van der Waals surface area contributed by atoms with Crippen LogP contribution in [0.15, 0.2) is 77.7 Å². The standard InChI is InChI=1S/C27H28N2O4S/c1-19-12-13-21(18-20(19)2)26(30)24-10-6-7-11-25(24)27(31)29-16-14-22(15-17-29)28-34(32,33)23-8-4-3-5-9-23/h3-13,18,22,28H,14-17H2,1-2H3. The van der Waals surface area contributed by atoms with Crippen molar-refractivity contribution in [3.8, 4) is 0 Å². The van der Waals surface area contributed by atoms with Crippen LogP contribution in [0.2, 0.25) is 0 Å². The van der Waals surface area contributed by atoms with Crippen LogP contribution in [0.3, 0.4) is 0 Å². The van der Waals surface area contributed by atoms with Crippen LogP contribution in [0, 0.1) is 13.8 Å². The Bertz CT molecular complexity index is 1310. The molecule has 0 bridgehead atoms. The summed E-state index contributed by atoms with van der Waals surface area (Å²) in [5, 5.41) is 0. The largest absolute Gasteiger partial charge is 0.339 e. The van der Waals surface area contributed by atoms with Crippen LogP contribution in [-0.4, -0.2) is 44.1 Å². The number of likely N-dealkylation sites (tertiary alicyclic amines) is 1. The minimum atomic E-state index is -3.60. The van der Waals surface area contributed by atoms with Crippen LogP contribution in [0.25, 0.3) is 0 Å². The van der Waals surface area contributed by atoms with Gasteiger partial charge >= 0.3 is 0 Å². The van der Waals surface area contributed by atoms with Gasteiger partial charge in [0, 0.05) is 30.3 Å². The van der Waals surface area contributed by atoms with Crippen molar-refractivity contribution >= 4 is 21.7 Å². The van der Waals surface area contributed by atoms with Crippen molar-refractivity contribution in [2.45, 2.75) is 37.6 Å². The fourth-order valence-corrected chi connectivity index (χ4v) is 5.49. The van der Waals surface area contributed by atoms with Crippen molar-refractivity contribution in [2.24, 2.45) is 0 Å². The highest BCUT2D eigenvalue weighted by atomic mass is 32.2. The van der Waals surface area contributed by atoms with E-state index in [2.05, 4.69) is 4.72 Å². The number of aryl methyl sites for hydroxylation is 2. The van der Waals surface area contributed by atoms with Gasteiger partial charge in [0.1, 0.15) is 0 Å². The number of benzene rings is 3. The topological polar surface area (TPSA) is 83.6 Å². The van der Waals surface area contributed by atoms with E-state index in [0.29, 0.717) is 42.6 Å². The van der Waals surface area contributed by atoms with Crippen LogP contribution in [-0.2, 0) is 10.0 Å². The van der Waals surface area contributed by atoms with Crippen molar-refractivity contribution in [1.29, 1.82) is 0 Å². The Morgan fingerprint density at radius 1 is 0.824 bits per heavy atom. The van der Waals surface area contributed by atoms with Gasteiger partial charge in [-0.2, -0.15) is 0 Å². The van der Waals surface area contributed by atoms with Gasteiger partial charge < -0.3 is 4.90 Å². The zero-order valence-corrected chi connectivity index (χ0v) is 20.1. The summed E-state index contributed by atoms with van der Waals surface area (Å²) in [5.41, 5.74) is 3.43. The average molecular weight is 477 g/mol. The monoisotopic (exact) mass is 476 g/mol. The molecule has 1 aliphatic rings. The third-order valence-electron chi connectivity index (χ3n) is 6.33. The van der Waals surface area contributed by atoms with Crippen LogP contribution < -0.4 is 4.72 Å². The summed E-state index contributed by atoms with van der Waals surface area (Å²) in [5.74, 6) is -0.394. The molecule has 0 aliphatic carbocycles. The number of sulfonamides is 1. The third kappa shape index (κ3) is 5.11. The molecule has 3 aromatic rings. The van der Waals surface area contributed by atoms with Gasteiger partial charge in [0.15, 0.2) is 5.78 Å². The number of rotatable bonds is 6. The van der Waals surface area contributed by atoms with Gasteiger partial charge in [-0.3, -0.25) is 9.59 Å². The van der Waals surface area contributed by atoms with E-state index in [1.54, 1.807) is 65.6 Å². The van der Waals surface area contributed by atoms with Crippen LogP contribution in [0.5, 0.6) is 0 Å². The lowest BCUT2D eigenvalue weighted by Gasteiger charge is -2.32. The van der Waals surface area contributed by atoms with E-state index in [0.717, 1.165) is 11.1 Å². The van der Waals surface area contributed by atoms with Crippen molar-refractivity contribution in [3.05, 3.63) is 101 Å². The lowest BCUT2D eigenvalue weighted by atomic mass is 9.95. The number of nitrogens with one attached hydrogen (secondary N) is 1. The molecule has 1 fully saturated rings. The SMILES string of the molecule is Cc1ccc(C(=O)c2ccccc2C(=O)N2CCC(NS(=O)(=O)c3ccccc3)CC2)cc1C. The molecule has 0 atom stereocenters. The van der Waals surface area contributed by atoms with Gasteiger partial charge in [0.05, 0.1) is 10.5 Å². The molecule has 0 spiro atoms. The Balaban J connectivity index is 1.46. The maximum Gasteiger partial charge on any atom is 0.254 e. The fourth-order valence-electron chi connectivity index (χ4n) is 4.16. The second kappa shape index (κ2) is 9.91. The smallest absolute Gasteiger partial charge is 0.254 e. The van der Waals surface area contributed by atoms with E-state index in [1.165, 1.54) is 0 Å². The molecule has 7 heteroatoms. The first-order chi connectivity index (χ1) is 16.3. The van der Waals surface area contributed by atoms with E-state index in [9.17, 15) is 18.0 Å². The zero-order valence-electron chi connectivity index (χ0n) is 19.3. The van der Waals surface area contributed by atoms with Crippen LogP contribution in [0.1, 0.15) is 50.2 Å². The van der Waals surface area contributed by atoms with Gasteiger partial charge in [0.25, 0.3) is 5.91 Å². The van der Waals surface area contributed by atoms with Gasteiger partial charge in [-0.05, 0) is 62.1 Å². The van der Waals surface area contributed by atoms with E-state index in [1.807, 2.05) is 26.0 Å². The fraction of sp³-hybridized carbons (Fsp3) is 0.259. The van der Waals surface area contributed by atoms with E-state index in [4.69, 9.17) is 0 Å². The molecule has 0 aromatic heterocycles. The summed E-state index contributed by atoms with van der Waals surface area (Å²) in [7, 11) is -3.60. The second-order valence-electron chi connectivity index (χ2n) is 8.67. The molecule has 3 aromatic carbocycles. The number of nitrogens with zero attached hydrogens (tertiary/aromatic N) is 1. The number of hydrogen-bond acceptors (Lipinski definition) is 4. The normalized spacial score (nSPS) is 14.7. The number of hydrogen-bond donors (Lipinski definition) is 1. The molecular formula is C27H28N2O4S. The molecule has 1 amide bonds. The Kier molecular flexibility index (Phi) is 6.95. The summed E-state index contributed by atoms with van der Waals surface area (Å²) in [4.78, 5) is 28.5. The molecule has 1 saturated heterocycles. The lowest BCUT2D eigenvalue weighted by Crippen LogP contribution is -2.46. The maximum absolute atomic E-state index is 13.3. The van der Waals surface area contributed by atoms with Crippen molar-refractivity contribution < 1.29 is 18.0 Å². The minimum absolute atomic E-state index is 0.183. The predicted molar refractivity (Wildman–Crippen MR) is 131 cm³/mol. The van der Waals surface area contributed by atoms with Gasteiger partial charge in [0.2, 0.25) is 10.0 Å². The lowest BCUT2D eigenvalue weighted by molar-refractivity contribution is 0.0707. The number of carbonyl (C=O) groups excluding carboxylic acids is 2. The van der Waals surface area contributed by atoms with E-state index < -0.39 is 10.0 Å². The molecule has 6 nitrogen and oxygen atoms in total. The maximum atomic E-state index is 13.3. The Morgan fingerprint density at radius 2 is 1.44 bits per heavy atom. The molecule has 1 N–H and O–H groups in total. The van der Waals surface area contributed by atoms with Gasteiger partial charge in [-0.1, -0.05) is 48.5 Å². The summed E-state index contributed by atoms with van der Waals surface area (Å²) >= 11 is 0. The van der Waals surface area contributed by atoms with Crippen LogP contribution >= 0.6 is 0 Å². The predicted octanol–water partition coefficient (Wildman–Crippen LogP) is 4.12. The number of piperidine rings is 1. The Hall–Kier alpha value is -3.29. The first-order valence-electron chi connectivity index (χ1n) is 11.3. The van der Waals surface area contributed by atoms with E-state index >= 15 is 0 Å². The average Bonchev–Trinajstić information content (AvgIpc) is 2.85. The molecule has 0 unspecified atom stereocenters. The molecule has 4 rings (SSSR count). The summed E-state index contributed by atoms with van der Waals surface area (Å²) < 4.78 is 28.0. The van der Waals surface area contributed by atoms with Crippen molar-refractivity contribution in [1.82, 2.24) is 9.62 Å². The van der Waals surface area contributed by atoms with Crippen molar-refractivity contribution in [3.63, 3.8) is 0 Å². The summed E-state index contributed by atoms with van der Waals surface area (Å²) in [6.07, 6.45) is 1.01. The first kappa shape index (κ1) is 23.9. The molecule has 176 valence electrons. The number of carbonyl (C=O) groups is 2. The first-order valence-corrected chi connectivity index (χ1v) is 12.8. The van der Waals surface area contributed by atoms with E-state index in [-0.39, 0.29) is 22.6 Å². The molecule has 0 saturated carbocycles. The zero-order chi connectivity index (χ0) is 24.3. The number of amides is 1. The quantitative estimate of drug-likeness (QED) is 0.543. The molecule has 1 heterocycles. The molecule has 34 heavy (non-hydrogen) atoms. The Morgan fingerprint density at radius 3 is 2.09 bits per heavy atom. The number of ketones is 1. The Labute approximate surface area is 200 Å². The highest BCUT2D eigenvalue weighted by Gasteiger charge is 2.29. The third-order valence-corrected chi connectivity index (χ3v) is 7.87. The highest BCUT2D eigenvalue weighted by Crippen LogP contribution is 2.21. The van der Waals surface area contributed by atoms with Crippen LogP contribution in [0.4, 0.5) is 0 Å². The summed E-state index contributed by atoms with van der Waals surface area (Å²) in [6, 6.07) is 20.4. The highest BCUT2D eigenvalue weighted by molar-refractivity contribution is 7.89. The minimum Gasteiger partial charge on any atom is -0.339 e. The van der Waals surface area contributed by atoms with Gasteiger partial charge in [-0.15, -0.1) is 0 Å². The molecule has 0 radical (unpaired) electrons. The molecule has 1 aliphatic heterocycles.